The molecule has 0 spiro atoms. The molecule has 6 heteroatoms. The molecule has 0 aliphatic carbocycles. The molecule has 0 aromatic heterocycles. The maximum absolute atomic E-state index is 10.1. The summed E-state index contributed by atoms with van der Waals surface area (Å²) in [6.45, 7) is 0. The van der Waals surface area contributed by atoms with Gasteiger partial charge in [0.15, 0.2) is 0 Å². The van der Waals surface area contributed by atoms with Gasteiger partial charge in [0, 0.05) is 11.5 Å². The summed E-state index contributed by atoms with van der Waals surface area (Å²) in [5.41, 5.74) is 0. The Hall–Kier alpha value is -0.360. The van der Waals surface area contributed by atoms with Gasteiger partial charge in [-0.2, -0.15) is 0 Å². The van der Waals surface area contributed by atoms with E-state index in [1.165, 1.54) is 0 Å². The van der Waals surface area contributed by atoms with Crippen molar-refractivity contribution in [2.24, 2.45) is 0 Å². The lowest BCUT2D eigenvalue weighted by Crippen LogP contribution is -1.90. The van der Waals surface area contributed by atoms with Gasteiger partial charge in [0.25, 0.3) is 0 Å². The molecule has 0 aliphatic rings. The Bertz CT molecular complexity index is 164. The molecule has 0 atom stereocenters. The van der Waals surface area contributed by atoms with E-state index in [1.807, 2.05) is 0 Å². The zero-order valence-corrected chi connectivity index (χ0v) is 9.40. The van der Waals surface area contributed by atoms with E-state index in [2.05, 4.69) is 0 Å². The molecule has 0 saturated carbocycles. The van der Waals surface area contributed by atoms with Crippen molar-refractivity contribution in [3.63, 3.8) is 0 Å². The van der Waals surface area contributed by atoms with Crippen LogP contribution in [0.3, 0.4) is 0 Å². The first-order valence-electron chi connectivity index (χ1n) is 4.34. The first-order valence-corrected chi connectivity index (χ1v) is 6.31. The molecule has 4 nitrogen and oxygen atoms in total. The van der Waals surface area contributed by atoms with Crippen LogP contribution >= 0.6 is 23.5 Å². The monoisotopic (exact) mass is 238 g/mol. The fraction of sp³-hybridized carbons (Fsp3) is 0.750. The van der Waals surface area contributed by atoms with Crippen LogP contribution in [-0.2, 0) is 0 Å². The molecule has 0 unspecified atom stereocenters. The summed E-state index contributed by atoms with van der Waals surface area (Å²) in [6, 6.07) is 0. The van der Waals surface area contributed by atoms with Gasteiger partial charge in [-0.05, 0) is 36.4 Å². The van der Waals surface area contributed by atoms with E-state index in [0.29, 0.717) is 11.5 Å². The van der Waals surface area contributed by atoms with Crippen molar-refractivity contribution in [1.29, 1.82) is 0 Å². The van der Waals surface area contributed by atoms with E-state index in [0.717, 1.165) is 49.2 Å². The molecule has 0 fully saturated rings. The standard InChI is InChI=1S/C8H14O4S2/c9-7(10)13-5-3-1-2-4-6-14-8(11)12/h1-6H2,(H,9,10)(H,11,12). The van der Waals surface area contributed by atoms with Crippen molar-refractivity contribution in [3.05, 3.63) is 0 Å². The summed E-state index contributed by atoms with van der Waals surface area (Å²) in [6.07, 6.45) is 3.71. The highest BCUT2D eigenvalue weighted by atomic mass is 32.2. The fourth-order valence-corrected chi connectivity index (χ4v) is 1.92. The average molecular weight is 238 g/mol. The van der Waals surface area contributed by atoms with Crippen LogP contribution in [0.25, 0.3) is 0 Å². The number of rotatable bonds is 7. The quantitative estimate of drug-likeness (QED) is 0.662. The van der Waals surface area contributed by atoms with E-state index in [9.17, 15) is 9.59 Å². The Balaban J connectivity index is 2.99. The van der Waals surface area contributed by atoms with Crippen molar-refractivity contribution in [3.8, 4) is 0 Å². The molecule has 0 aliphatic heterocycles. The van der Waals surface area contributed by atoms with Crippen molar-refractivity contribution < 1.29 is 19.8 Å². The Morgan fingerprint density at radius 3 is 1.43 bits per heavy atom. The predicted molar refractivity (Wildman–Crippen MR) is 59.4 cm³/mol. The van der Waals surface area contributed by atoms with Crippen molar-refractivity contribution in [1.82, 2.24) is 0 Å². The molecular formula is C8H14O4S2. The molecule has 0 bridgehead atoms. The van der Waals surface area contributed by atoms with Gasteiger partial charge in [0.05, 0.1) is 0 Å². The lowest BCUT2D eigenvalue weighted by Gasteiger charge is -1.98. The van der Waals surface area contributed by atoms with Crippen molar-refractivity contribution >= 4 is 34.1 Å². The third kappa shape index (κ3) is 11.6. The van der Waals surface area contributed by atoms with E-state index in [4.69, 9.17) is 10.2 Å². The maximum Gasteiger partial charge on any atom is 0.364 e. The number of unbranched alkanes of at least 4 members (excludes halogenated alkanes) is 3. The van der Waals surface area contributed by atoms with Crippen molar-refractivity contribution in [2.45, 2.75) is 25.7 Å². The van der Waals surface area contributed by atoms with Crippen LogP contribution in [0.2, 0.25) is 0 Å². The Morgan fingerprint density at radius 2 is 1.14 bits per heavy atom. The van der Waals surface area contributed by atoms with E-state index in [1.54, 1.807) is 0 Å². The number of thioether (sulfide) groups is 2. The lowest BCUT2D eigenvalue weighted by molar-refractivity contribution is 0.221. The maximum atomic E-state index is 10.1. The molecule has 0 heterocycles. The predicted octanol–water partition coefficient (Wildman–Crippen LogP) is 3.37. The van der Waals surface area contributed by atoms with Crippen LogP contribution in [0.5, 0.6) is 0 Å². The fourth-order valence-electron chi connectivity index (χ4n) is 0.877. The molecule has 0 rings (SSSR count). The topological polar surface area (TPSA) is 74.6 Å². The smallest absolute Gasteiger partial charge is 0.364 e. The van der Waals surface area contributed by atoms with Gasteiger partial charge < -0.3 is 10.2 Å². The van der Waals surface area contributed by atoms with Crippen LogP contribution in [0.15, 0.2) is 0 Å². The minimum absolute atomic E-state index is 0.640. The highest BCUT2D eigenvalue weighted by molar-refractivity contribution is 8.13. The molecule has 82 valence electrons. The highest BCUT2D eigenvalue weighted by Crippen LogP contribution is 2.10. The second kappa shape index (κ2) is 9.21. The number of carbonyl (C=O) groups is 2. The van der Waals surface area contributed by atoms with Crippen LogP contribution in [0.4, 0.5) is 9.59 Å². The van der Waals surface area contributed by atoms with Gasteiger partial charge in [-0.25, -0.2) is 9.59 Å². The van der Waals surface area contributed by atoms with Gasteiger partial charge in [-0.3, -0.25) is 0 Å². The zero-order chi connectivity index (χ0) is 10.8. The normalized spacial score (nSPS) is 10.0. The molecule has 0 aromatic carbocycles. The van der Waals surface area contributed by atoms with E-state index < -0.39 is 10.6 Å². The summed E-state index contributed by atoms with van der Waals surface area (Å²) in [4.78, 5) is 20.2. The third-order valence-corrected chi connectivity index (χ3v) is 2.97. The van der Waals surface area contributed by atoms with Gasteiger partial charge in [0.2, 0.25) is 0 Å². The van der Waals surface area contributed by atoms with Crippen LogP contribution < -0.4 is 0 Å². The molecule has 14 heavy (non-hydrogen) atoms. The lowest BCUT2D eigenvalue weighted by atomic mass is 10.2. The summed E-state index contributed by atoms with van der Waals surface area (Å²) in [5, 5.41) is 15.0. The molecule has 0 saturated heterocycles. The van der Waals surface area contributed by atoms with Crippen LogP contribution in [-0.4, -0.2) is 32.3 Å². The van der Waals surface area contributed by atoms with E-state index >= 15 is 0 Å². The molecule has 0 aromatic rings. The Kier molecular flexibility index (Phi) is 8.97. The first-order chi connectivity index (χ1) is 6.63. The molecular weight excluding hydrogens is 224 g/mol. The van der Waals surface area contributed by atoms with Crippen LogP contribution in [0.1, 0.15) is 25.7 Å². The number of hydrogen-bond acceptors (Lipinski definition) is 4. The summed E-state index contributed by atoms with van der Waals surface area (Å²) in [7, 11) is 0. The Morgan fingerprint density at radius 1 is 0.786 bits per heavy atom. The van der Waals surface area contributed by atoms with Gasteiger partial charge in [0.1, 0.15) is 0 Å². The minimum atomic E-state index is -0.827. The van der Waals surface area contributed by atoms with Crippen molar-refractivity contribution in [2.75, 3.05) is 11.5 Å². The second-order valence-corrected chi connectivity index (χ2v) is 4.74. The Labute approximate surface area is 91.5 Å². The van der Waals surface area contributed by atoms with E-state index in [-0.39, 0.29) is 0 Å². The third-order valence-electron chi connectivity index (χ3n) is 1.49. The first kappa shape index (κ1) is 13.6. The highest BCUT2D eigenvalue weighted by Gasteiger charge is 1.98. The summed E-state index contributed by atoms with van der Waals surface area (Å²) in [5.74, 6) is 1.28. The number of hydrogen-bond donors (Lipinski definition) is 2. The average Bonchev–Trinajstić information content (AvgIpc) is 2.08. The van der Waals surface area contributed by atoms with Crippen LogP contribution in [0, 0.1) is 0 Å². The van der Waals surface area contributed by atoms with Gasteiger partial charge >= 0.3 is 10.6 Å². The molecule has 0 radical (unpaired) electrons. The van der Waals surface area contributed by atoms with Gasteiger partial charge in [-0.1, -0.05) is 12.8 Å². The molecule has 2 N–H and O–H groups in total. The second-order valence-electron chi connectivity index (χ2n) is 2.64. The summed E-state index contributed by atoms with van der Waals surface area (Å²) < 4.78 is 0. The largest absolute Gasteiger partial charge is 0.473 e. The summed E-state index contributed by atoms with van der Waals surface area (Å²) >= 11 is 1.83. The number of carboxylic acid groups (broad SMARTS) is 2. The van der Waals surface area contributed by atoms with Gasteiger partial charge in [-0.15, -0.1) is 0 Å². The zero-order valence-electron chi connectivity index (χ0n) is 7.77. The molecule has 0 amide bonds. The SMILES string of the molecule is O=C(O)SCCCCCCSC(=O)O. The minimum Gasteiger partial charge on any atom is -0.473 e.